The smallest absolute Gasteiger partial charge is 0.156 e. The molecular weight excluding hydrogens is 449 g/mol. The maximum atomic E-state index is 11.7. The first-order chi connectivity index (χ1) is 15.4. The molecule has 0 radical (unpaired) electrons. The molecule has 8 heteroatoms. The predicted octanol–water partition coefficient (Wildman–Crippen LogP) is 3.82. The number of rotatable bonds is 10. The largest absolute Gasteiger partial charge is 0.490 e. The van der Waals surface area contributed by atoms with E-state index in [-0.39, 0.29) is 12.0 Å². The summed E-state index contributed by atoms with van der Waals surface area (Å²) < 4.78 is 11.5. The molecule has 0 amide bonds. The number of piperazine rings is 1. The Morgan fingerprint density at radius 2 is 1.62 bits per heavy atom. The fraction of sp³-hybridized carbons (Fsp3) is 0.458. The Hall–Kier alpha value is -1.83. The fourth-order valence-electron chi connectivity index (χ4n) is 3.98. The topological polar surface area (TPSA) is 68.0 Å². The molecule has 1 aliphatic heterocycles. The highest BCUT2D eigenvalue weighted by atomic mass is 35.5. The number of halogens is 2. The summed E-state index contributed by atoms with van der Waals surface area (Å²) in [7, 11) is 2.11. The molecule has 1 aliphatic rings. The highest BCUT2D eigenvalue weighted by molar-refractivity contribution is 6.37. The van der Waals surface area contributed by atoms with Gasteiger partial charge in [0.05, 0.1) is 10.0 Å². The van der Waals surface area contributed by atoms with Gasteiger partial charge in [-0.25, -0.2) is 0 Å². The molecule has 0 aliphatic carbocycles. The highest BCUT2D eigenvalue weighted by Crippen LogP contribution is 2.34. The molecule has 0 aromatic heterocycles. The average Bonchev–Trinajstić information content (AvgIpc) is 2.77. The molecule has 6 nitrogen and oxygen atoms in total. The van der Waals surface area contributed by atoms with E-state index in [1.807, 2.05) is 43.3 Å². The van der Waals surface area contributed by atoms with E-state index in [1.54, 1.807) is 0 Å². The summed E-state index contributed by atoms with van der Waals surface area (Å²) in [6.45, 7) is 6.67. The SMILES string of the molecule is Cc1cc(Cl)c(OCCOc2ccc(C(C(C=O)CN)N3CCN(C)CC3)cc2)c(Cl)c1. The minimum atomic E-state index is -0.248. The van der Waals surface area contributed by atoms with Crippen molar-refractivity contribution in [3.8, 4) is 11.5 Å². The molecule has 2 aromatic rings. The van der Waals surface area contributed by atoms with Crippen molar-refractivity contribution in [3.63, 3.8) is 0 Å². The lowest BCUT2D eigenvalue weighted by Gasteiger charge is -2.40. The van der Waals surface area contributed by atoms with Crippen LogP contribution in [0.15, 0.2) is 36.4 Å². The van der Waals surface area contributed by atoms with Crippen molar-refractivity contribution in [3.05, 3.63) is 57.6 Å². The van der Waals surface area contributed by atoms with Gasteiger partial charge in [-0.2, -0.15) is 0 Å². The second-order valence-electron chi connectivity index (χ2n) is 8.14. The number of hydrogen-bond acceptors (Lipinski definition) is 6. The summed E-state index contributed by atoms with van der Waals surface area (Å²) in [6.07, 6.45) is 0.978. The number of benzene rings is 2. The van der Waals surface area contributed by atoms with E-state index in [9.17, 15) is 4.79 Å². The minimum Gasteiger partial charge on any atom is -0.490 e. The molecule has 1 heterocycles. The standard InChI is InChI=1S/C24H31Cl2N3O3/c1-17-13-21(25)24(22(26)14-17)32-12-11-31-20-5-3-18(4-6-20)23(19(15-27)16-30)29-9-7-28(2)8-10-29/h3-6,13-14,16,19,23H,7-12,15,27H2,1-2H3. The quantitative estimate of drug-likeness (QED) is 0.412. The Morgan fingerprint density at radius 1 is 1.03 bits per heavy atom. The van der Waals surface area contributed by atoms with Gasteiger partial charge in [0.2, 0.25) is 0 Å². The van der Waals surface area contributed by atoms with Crippen LogP contribution < -0.4 is 15.2 Å². The third-order valence-electron chi connectivity index (χ3n) is 5.75. The van der Waals surface area contributed by atoms with Gasteiger partial charge in [-0.3, -0.25) is 4.90 Å². The summed E-state index contributed by atoms with van der Waals surface area (Å²) in [5.74, 6) is 0.947. The van der Waals surface area contributed by atoms with E-state index in [4.69, 9.17) is 38.4 Å². The second-order valence-corrected chi connectivity index (χ2v) is 8.96. The van der Waals surface area contributed by atoms with Gasteiger partial charge >= 0.3 is 0 Å². The number of carbonyl (C=O) groups is 1. The van der Waals surface area contributed by atoms with Crippen LogP contribution >= 0.6 is 23.2 Å². The van der Waals surface area contributed by atoms with Crippen LogP contribution in [0, 0.1) is 12.8 Å². The molecule has 32 heavy (non-hydrogen) atoms. The molecule has 1 saturated heterocycles. The van der Waals surface area contributed by atoms with Gasteiger partial charge < -0.3 is 24.9 Å². The lowest BCUT2D eigenvalue weighted by Crippen LogP contribution is -2.48. The van der Waals surface area contributed by atoms with Crippen LogP contribution in [-0.2, 0) is 4.79 Å². The van der Waals surface area contributed by atoms with E-state index in [0.717, 1.165) is 49.3 Å². The Morgan fingerprint density at radius 3 is 2.19 bits per heavy atom. The van der Waals surface area contributed by atoms with Crippen LogP contribution in [0.4, 0.5) is 0 Å². The normalized spacial score (nSPS) is 17.0. The van der Waals surface area contributed by atoms with Crippen molar-refractivity contribution >= 4 is 29.5 Å². The number of hydrogen-bond donors (Lipinski definition) is 1. The highest BCUT2D eigenvalue weighted by Gasteiger charge is 2.30. The summed E-state index contributed by atoms with van der Waals surface area (Å²) in [6, 6.07) is 11.5. The average molecular weight is 480 g/mol. The van der Waals surface area contributed by atoms with E-state index < -0.39 is 0 Å². The number of nitrogens with zero attached hydrogens (tertiary/aromatic N) is 2. The Balaban J connectivity index is 1.59. The first-order valence-electron chi connectivity index (χ1n) is 10.8. The molecule has 0 bridgehead atoms. The van der Waals surface area contributed by atoms with E-state index >= 15 is 0 Å². The number of ether oxygens (including phenoxy) is 2. The maximum absolute atomic E-state index is 11.7. The monoisotopic (exact) mass is 479 g/mol. The van der Waals surface area contributed by atoms with Crippen molar-refractivity contribution in [2.24, 2.45) is 11.7 Å². The molecule has 3 rings (SSSR count). The number of likely N-dealkylation sites (N-methyl/N-ethyl adjacent to an activating group) is 1. The van der Waals surface area contributed by atoms with Gasteiger partial charge in [-0.1, -0.05) is 35.3 Å². The third-order valence-corrected chi connectivity index (χ3v) is 6.31. The number of nitrogens with two attached hydrogens (primary N) is 1. The lowest BCUT2D eigenvalue weighted by molar-refractivity contribution is -0.113. The van der Waals surface area contributed by atoms with Crippen molar-refractivity contribution in [2.45, 2.75) is 13.0 Å². The molecule has 0 saturated carbocycles. The summed E-state index contributed by atoms with van der Waals surface area (Å²) in [4.78, 5) is 16.4. The van der Waals surface area contributed by atoms with Gasteiger partial charge in [-0.15, -0.1) is 0 Å². The number of carbonyl (C=O) groups excluding carboxylic acids is 1. The first-order valence-corrected chi connectivity index (χ1v) is 11.6. The number of aryl methyl sites for hydroxylation is 1. The minimum absolute atomic E-state index is 0.0330. The Labute approximate surface area is 200 Å². The van der Waals surface area contributed by atoms with Crippen LogP contribution in [-0.4, -0.2) is 69.1 Å². The Bertz CT molecular complexity index is 864. The molecule has 2 N–H and O–H groups in total. The molecule has 174 valence electrons. The molecule has 2 atom stereocenters. The van der Waals surface area contributed by atoms with E-state index in [2.05, 4.69) is 16.8 Å². The van der Waals surface area contributed by atoms with Crippen LogP contribution in [0.2, 0.25) is 10.0 Å². The zero-order valence-electron chi connectivity index (χ0n) is 18.6. The second kappa shape index (κ2) is 11.9. The Kier molecular flexibility index (Phi) is 9.20. The van der Waals surface area contributed by atoms with Gasteiger partial charge in [0, 0.05) is 44.7 Å². The van der Waals surface area contributed by atoms with Crippen LogP contribution in [0.25, 0.3) is 0 Å². The van der Waals surface area contributed by atoms with Crippen LogP contribution in [0.3, 0.4) is 0 Å². The zero-order valence-corrected chi connectivity index (χ0v) is 20.1. The third kappa shape index (κ3) is 6.36. The van der Waals surface area contributed by atoms with Gasteiger partial charge in [0.1, 0.15) is 25.2 Å². The van der Waals surface area contributed by atoms with Crippen LogP contribution in [0.1, 0.15) is 17.2 Å². The van der Waals surface area contributed by atoms with Crippen molar-refractivity contribution in [1.82, 2.24) is 9.80 Å². The van der Waals surface area contributed by atoms with E-state index in [0.29, 0.717) is 35.6 Å². The molecule has 2 aromatic carbocycles. The maximum Gasteiger partial charge on any atom is 0.156 e. The summed E-state index contributed by atoms with van der Waals surface area (Å²) in [5.41, 5.74) is 7.96. The van der Waals surface area contributed by atoms with Gasteiger partial charge in [-0.05, 0) is 49.4 Å². The molecular formula is C24H31Cl2N3O3. The van der Waals surface area contributed by atoms with Crippen LogP contribution in [0.5, 0.6) is 11.5 Å². The molecule has 1 fully saturated rings. The van der Waals surface area contributed by atoms with E-state index in [1.165, 1.54) is 0 Å². The van der Waals surface area contributed by atoms with Crippen molar-refractivity contribution < 1.29 is 14.3 Å². The van der Waals surface area contributed by atoms with Crippen molar-refractivity contribution in [2.75, 3.05) is 53.0 Å². The summed E-state index contributed by atoms with van der Waals surface area (Å²) in [5, 5.41) is 0.970. The summed E-state index contributed by atoms with van der Waals surface area (Å²) >= 11 is 12.4. The molecule has 0 spiro atoms. The zero-order chi connectivity index (χ0) is 23.1. The van der Waals surface area contributed by atoms with Gasteiger partial charge in [0.15, 0.2) is 5.75 Å². The fourth-order valence-corrected chi connectivity index (χ4v) is 4.68. The van der Waals surface area contributed by atoms with Gasteiger partial charge in [0.25, 0.3) is 0 Å². The predicted molar refractivity (Wildman–Crippen MR) is 129 cm³/mol. The number of aldehydes is 1. The molecule has 2 unspecified atom stereocenters. The first kappa shape index (κ1) is 24.8. The van der Waals surface area contributed by atoms with Crippen molar-refractivity contribution in [1.29, 1.82) is 0 Å². The lowest BCUT2D eigenvalue weighted by atomic mass is 9.92.